The van der Waals surface area contributed by atoms with Crippen LogP contribution in [0.25, 0.3) is 0 Å². The Balaban J connectivity index is 2.44. The van der Waals surface area contributed by atoms with Crippen molar-refractivity contribution in [1.82, 2.24) is 5.32 Å². The quantitative estimate of drug-likeness (QED) is 0.714. The van der Waals surface area contributed by atoms with Crippen molar-refractivity contribution in [2.24, 2.45) is 5.92 Å². The Bertz CT molecular complexity index is 279. The summed E-state index contributed by atoms with van der Waals surface area (Å²) in [6.45, 7) is 7.86. The van der Waals surface area contributed by atoms with Crippen LogP contribution in [0.1, 0.15) is 45.6 Å². The van der Waals surface area contributed by atoms with Crippen LogP contribution in [0.5, 0.6) is 0 Å². The maximum Gasteiger partial charge on any atom is 0.00104 e. The number of hydrogen-bond donors (Lipinski definition) is 1. The number of nitrogens with one attached hydrogen (secondary N) is 1. The molecule has 17 heavy (non-hydrogen) atoms. The van der Waals surface area contributed by atoms with Crippen LogP contribution in [0, 0.1) is 5.92 Å². The standard InChI is InChI=1S/C16H27N/c1-4-5-9-16(13-17-14(2)3)12-15-10-7-6-8-11-15/h6-8,10-11,14,16-17H,4-5,9,12-13H2,1-3H3. The Morgan fingerprint density at radius 2 is 1.82 bits per heavy atom. The topological polar surface area (TPSA) is 12.0 Å². The molecule has 0 radical (unpaired) electrons. The fourth-order valence-electron chi connectivity index (χ4n) is 2.12. The largest absolute Gasteiger partial charge is 0.314 e. The minimum Gasteiger partial charge on any atom is -0.314 e. The predicted octanol–water partition coefficient (Wildman–Crippen LogP) is 4.03. The third-order valence-electron chi connectivity index (χ3n) is 3.15. The molecule has 0 fully saturated rings. The highest BCUT2D eigenvalue weighted by Crippen LogP contribution is 2.14. The lowest BCUT2D eigenvalue weighted by atomic mass is 9.94. The van der Waals surface area contributed by atoms with Crippen LogP contribution in [-0.4, -0.2) is 12.6 Å². The minimum atomic E-state index is 0.592. The van der Waals surface area contributed by atoms with Crippen LogP contribution >= 0.6 is 0 Å². The molecule has 0 spiro atoms. The molecule has 1 nitrogen and oxygen atoms in total. The van der Waals surface area contributed by atoms with Gasteiger partial charge in [-0.3, -0.25) is 0 Å². The summed E-state index contributed by atoms with van der Waals surface area (Å²) < 4.78 is 0. The van der Waals surface area contributed by atoms with Gasteiger partial charge in [-0.05, 0) is 30.9 Å². The van der Waals surface area contributed by atoms with Crippen LogP contribution in [0.15, 0.2) is 30.3 Å². The van der Waals surface area contributed by atoms with E-state index in [1.165, 1.54) is 31.2 Å². The molecule has 96 valence electrons. The van der Waals surface area contributed by atoms with Gasteiger partial charge < -0.3 is 5.32 Å². The zero-order chi connectivity index (χ0) is 12.5. The van der Waals surface area contributed by atoms with E-state index >= 15 is 0 Å². The van der Waals surface area contributed by atoms with Crippen LogP contribution in [0.2, 0.25) is 0 Å². The molecule has 0 aliphatic heterocycles. The van der Waals surface area contributed by atoms with E-state index in [2.05, 4.69) is 56.4 Å². The molecule has 1 heteroatoms. The second kappa shape index (κ2) is 8.30. The molecule has 1 atom stereocenters. The molecular weight excluding hydrogens is 206 g/mol. The van der Waals surface area contributed by atoms with Gasteiger partial charge in [0.2, 0.25) is 0 Å². The SMILES string of the molecule is CCCCC(CNC(C)C)Cc1ccccc1. The van der Waals surface area contributed by atoms with Gasteiger partial charge in [0.05, 0.1) is 0 Å². The highest BCUT2D eigenvalue weighted by atomic mass is 14.9. The van der Waals surface area contributed by atoms with Crippen molar-refractivity contribution in [3.8, 4) is 0 Å². The average Bonchev–Trinajstić information content (AvgIpc) is 2.34. The zero-order valence-corrected chi connectivity index (χ0v) is 11.6. The van der Waals surface area contributed by atoms with Gasteiger partial charge in [-0.1, -0.05) is 63.9 Å². The van der Waals surface area contributed by atoms with E-state index in [9.17, 15) is 0 Å². The summed E-state index contributed by atoms with van der Waals surface area (Å²) in [5, 5.41) is 3.57. The molecule has 0 heterocycles. The number of unbranched alkanes of at least 4 members (excludes halogenated alkanes) is 1. The van der Waals surface area contributed by atoms with Gasteiger partial charge in [0.1, 0.15) is 0 Å². The van der Waals surface area contributed by atoms with Crippen LogP contribution in [0.3, 0.4) is 0 Å². The summed E-state index contributed by atoms with van der Waals surface area (Å²) in [5.41, 5.74) is 1.47. The van der Waals surface area contributed by atoms with Crippen molar-refractivity contribution in [3.05, 3.63) is 35.9 Å². The van der Waals surface area contributed by atoms with Crippen LogP contribution in [0.4, 0.5) is 0 Å². The van der Waals surface area contributed by atoms with E-state index in [-0.39, 0.29) is 0 Å². The lowest BCUT2D eigenvalue weighted by Crippen LogP contribution is -2.30. The van der Waals surface area contributed by atoms with E-state index in [1.54, 1.807) is 0 Å². The molecule has 1 aromatic rings. The van der Waals surface area contributed by atoms with Crippen molar-refractivity contribution in [1.29, 1.82) is 0 Å². The van der Waals surface area contributed by atoms with Gasteiger partial charge in [-0.15, -0.1) is 0 Å². The molecule has 0 aliphatic rings. The van der Waals surface area contributed by atoms with Crippen molar-refractivity contribution in [3.63, 3.8) is 0 Å². The first-order valence-corrected chi connectivity index (χ1v) is 6.99. The third-order valence-corrected chi connectivity index (χ3v) is 3.15. The first kappa shape index (κ1) is 14.2. The third kappa shape index (κ3) is 6.48. The maximum atomic E-state index is 3.57. The van der Waals surface area contributed by atoms with Gasteiger partial charge in [-0.2, -0.15) is 0 Å². The Morgan fingerprint density at radius 3 is 2.41 bits per heavy atom. The van der Waals surface area contributed by atoms with E-state index in [0.29, 0.717) is 6.04 Å². The monoisotopic (exact) mass is 233 g/mol. The Labute approximate surface area is 107 Å². The molecule has 0 aliphatic carbocycles. The fraction of sp³-hybridized carbons (Fsp3) is 0.625. The Kier molecular flexibility index (Phi) is 6.95. The summed E-state index contributed by atoms with van der Waals surface area (Å²) in [4.78, 5) is 0. The van der Waals surface area contributed by atoms with E-state index in [4.69, 9.17) is 0 Å². The van der Waals surface area contributed by atoms with Gasteiger partial charge in [0.15, 0.2) is 0 Å². The minimum absolute atomic E-state index is 0.592. The summed E-state index contributed by atoms with van der Waals surface area (Å²) in [6.07, 6.45) is 5.19. The normalized spacial score (nSPS) is 12.9. The fourth-order valence-corrected chi connectivity index (χ4v) is 2.12. The molecule has 1 N–H and O–H groups in total. The van der Waals surface area contributed by atoms with Gasteiger partial charge in [0, 0.05) is 6.04 Å². The van der Waals surface area contributed by atoms with Crippen molar-refractivity contribution < 1.29 is 0 Å². The molecule has 0 aromatic heterocycles. The molecule has 1 unspecified atom stereocenters. The smallest absolute Gasteiger partial charge is 0.00104 e. The second-order valence-electron chi connectivity index (χ2n) is 5.26. The van der Waals surface area contributed by atoms with E-state index in [0.717, 1.165) is 12.5 Å². The molecular formula is C16H27N. The zero-order valence-electron chi connectivity index (χ0n) is 11.6. The van der Waals surface area contributed by atoms with Gasteiger partial charge in [-0.25, -0.2) is 0 Å². The summed E-state index contributed by atoms with van der Waals surface area (Å²) in [5.74, 6) is 0.778. The van der Waals surface area contributed by atoms with Crippen LogP contribution < -0.4 is 5.32 Å². The predicted molar refractivity (Wildman–Crippen MR) is 76.3 cm³/mol. The molecule has 1 rings (SSSR count). The maximum absolute atomic E-state index is 3.57. The van der Waals surface area contributed by atoms with E-state index < -0.39 is 0 Å². The Morgan fingerprint density at radius 1 is 1.12 bits per heavy atom. The average molecular weight is 233 g/mol. The van der Waals surface area contributed by atoms with Crippen molar-refractivity contribution in [2.45, 2.75) is 52.5 Å². The summed E-state index contributed by atoms with van der Waals surface area (Å²) in [7, 11) is 0. The summed E-state index contributed by atoms with van der Waals surface area (Å²) >= 11 is 0. The van der Waals surface area contributed by atoms with Crippen molar-refractivity contribution in [2.75, 3.05) is 6.54 Å². The first-order chi connectivity index (χ1) is 8.22. The van der Waals surface area contributed by atoms with Crippen LogP contribution in [-0.2, 0) is 6.42 Å². The lowest BCUT2D eigenvalue weighted by Gasteiger charge is -2.19. The molecule has 0 amide bonds. The number of rotatable bonds is 8. The highest BCUT2D eigenvalue weighted by Gasteiger charge is 2.09. The van der Waals surface area contributed by atoms with E-state index in [1.807, 2.05) is 0 Å². The first-order valence-electron chi connectivity index (χ1n) is 6.99. The second-order valence-corrected chi connectivity index (χ2v) is 5.26. The molecule has 0 saturated carbocycles. The van der Waals surface area contributed by atoms with Crippen molar-refractivity contribution >= 4 is 0 Å². The molecule has 0 bridgehead atoms. The molecule has 0 saturated heterocycles. The van der Waals surface area contributed by atoms with Gasteiger partial charge >= 0.3 is 0 Å². The Hall–Kier alpha value is -0.820. The van der Waals surface area contributed by atoms with Gasteiger partial charge in [0.25, 0.3) is 0 Å². The number of hydrogen-bond acceptors (Lipinski definition) is 1. The lowest BCUT2D eigenvalue weighted by molar-refractivity contribution is 0.410. The number of benzene rings is 1. The summed E-state index contributed by atoms with van der Waals surface area (Å²) in [6, 6.07) is 11.5. The highest BCUT2D eigenvalue weighted by molar-refractivity contribution is 5.15. The molecule has 1 aromatic carbocycles.